The lowest BCUT2D eigenvalue weighted by molar-refractivity contribution is -0.127. The fourth-order valence-corrected chi connectivity index (χ4v) is 4.39. The molecule has 0 radical (unpaired) electrons. The molecule has 2 amide bonds. The van der Waals surface area contributed by atoms with Crippen molar-refractivity contribution in [1.82, 2.24) is 4.90 Å². The van der Waals surface area contributed by atoms with E-state index in [9.17, 15) is 14.4 Å². The highest BCUT2D eigenvalue weighted by atomic mass is 32.2. The second-order valence-corrected chi connectivity index (χ2v) is 8.27. The van der Waals surface area contributed by atoms with E-state index in [1.54, 1.807) is 30.3 Å². The molecule has 1 aliphatic rings. The van der Waals surface area contributed by atoms with Crippen molar-refractivity contribution in [3.05, 3.63) is 72.3 Å². The fourth-order valence-electron chi connectivity index (χ4n) is 3.22. The molecule has 2 aromatic rings. The standard InChI is InChI=1S/C24H25N3O3S/c1-4-14-27-23(30)21(15-22(29)26-20-9-7-6-8-17(20)5-2)31-24(27)25-19-12-10-18(11-13-19)16(3)28/h4,6-13,21H,1,5,14-15H2,2-3H3,(H,26,29)/t21-/m1/s1. The molecule has 1 aliphatic heterocycles. The number of amidine groups is 1. The number of benzene rings is 2. The minimum absolute atomic E-state index is 0.0198. The van der Waals surface area contributed by atoms with E-state index in [4.69, 9.17) is 0 Å². The van der Waals surface area contributed by atoms with Gasteiger partial charge in [0.1, 0.15) is 5.25 Å². The van der Waals surface area contributed by atoms with E-state index in [1.165, 1.54) is 23.6 Å². The zero-order valence-corrected chi connectivity index (χ0v) is 18.4. The summed E-state index contributed by atoms with van der Waals surface area (Å²) in [5, 5.41) is 2.89. The van der Waals surface area contributed by atoms with Crippen LogP contribution in [0.3, 0.4) is 0 Å². The van der Waals surface area contributed by atoms with Gasteiger partial charge < -0.3 is 5.32 Å². The minimum atomic E-state index is -0.552. The van der Waals surface area contributed by atoms with Gasteiger partial charge in [0.2, 0.25) is 11.8 Å². The number of Topliss-reactive ketones (excluding diaryl/α,β-unsaturated/α-hetero) is 1. The van der Waals surface area contributed by atoms with Crippen LogP contribution >= 0.6 is 11.8 Å². The van der Waals surface area contributed by atoms with Gasteiger partial charge in [0.25, 0.3) is 0 Å². The van der Waals surface area contributed by atoms with Crippen LogP contribution in [0.5, 0.6) is 0 Å². The lowest BCUT2D eigenvalue weighted by Gasteiger charge is -2.14. The number of amides is 2. The van der Waals surface area contributed by atoms with Crippen molar-refractivity contribution >= 4 is 45.9 Å². The van der Waals surface area contributed by atoms with Crippen LogP contribution in [0, 0.1) is 0 Å². The third kappa shape index (κ3) is 5.49. The fraction of sp³-hybridized carbons (Fsp3) is 0.250. The first-order chi connectivity index (χ1) is 14.9. The van der Waals surface area contributed by atoms with Crippen molar-refractivity contribution in [1.29, 1.82) is 0 Å². The molecule has 1 N–H and O–H groups in total. The van der Waals surface area contributed by atoms with Gasteiger partial charge in [-0.15, -0.1) is 6.58 Å². The third-order valence-corrected chi connectivity index (χ3v) is 6.05. The van der Waals surface area contributed by atoms with Gasteiger partial charge in [-0.25, -0.2) is 4.99 Å². The molecule has 0 aliphatic carbocycles. The van der Waals surface area contributed by atoms with Gasteiger partial charge in [0, 0.05) is 24.2 Å². The molecular weight excluding hydrogens is 410 g/mol. The van der Waals surface area contributed by atoms with Gasteiger partial charge in [0.05, 0.1) is 5.69 Å². The normalized spacial score (nSPS) is 17.1. The maximum absolute atomic E-state index is 12.9. The number of rotatable bonds is 8. The number of carbonyl (C=O) groups is 3. The molecule has 0 unspecified atom stereocenters. The van der Waals surface area contributed by atoms with Gasteiger partial charge in [0.15, 0.2) is 11.0 Å². The van der Waals surface area contributed by atoms with Gasteiger partial charge in [-0.2, -0.15) is 0 Å². The number of anilines is 1. The van der Waals surface area contributed by atoms with Crippen molar-refractivity contribution in [2.75, 3.05) is 11.9 Å². The number of thioether (sulfide) groups is 1. The molecule has 0 aromatic heterocycles. The Morgan fingerprint density at radius 1 is 1.19 bits per heavy atom. The first-order valence-electron chi connectivity index (χ1n) is 10.1. The summed E-state index contributed by atoms with van der Waals surface area (Å²) in [7, 11) is 0. The van der Waals surface area contributed by atoms with Crippen molar-refractivity contribution in [2.24, 2.45) is 4.99 Å². The lowest BCUT2D eigenvalue weighted by atomic mass is 10.1. The minimum Gasteiger partial charge on any atom is -0.326 e. The molecule has 1 atom stereocenters. The quantitative estimate of drug-likeness (QED) is 0.486. The number of hydrogen-bond donors (Lipinski definition) is 1. The maximum atomic E-state index is 12.9. The highest BCUT2D eigenvalue weighted by molar-refractivity contribution is 8.15. The molecule has 7 heteroatoms. The van der Waals surface area contributed by atoms with Crippen LogP contribution in [0.25, 0.3) is 0 Å². The molecule has 3 rings (SSSR count). The topological polar surface area (TPSA) is 78.8 Å². The van der Waals surface area contributed by atoms with E-state index in [0.717, 1.165) is 17.7 Å². The Hall–Kier alpha value is -3.19. The number of aryl methyl sites for hydroxylation is 1. The largest absolute Gasteiger partial charge is 0.326 e. The van der Waals surface area contributed by atoms with Gasteiger partial charge in [-0.1, -0.05) is 43.0 Å². The number of carbonyl (C=O) groups excluding carboxylic acids is 3. The summed E-state index contributed by atoms with van der Waals surface area (Å²) in [6.45, 7) is 7.56. The lowest BCUT2D eigenvalue weighted by Crippen LogP contribution is -2.33. The number of aliphatic imine (C=N–C) groups is 1. The summed E-state index contributed by atoms with van der Waals surface area (Å²) in [4.78, 5) is 43.1. The summed E-state index contributed by atoms with van der Waals surface area (Å²) in [6.07, 6.45) is 2.49. The van der Waals surface area contributed by atoms with Crippen LogP contribution in [0.2, 0.25) is 0 Å². The average molecular weight is 436 g/mol. The van der Waals surface area contributed by atoms with Gasteiger partial charge >= 0.3 is 0 Å². The summed E-state index contributed by atoms with van der Waals surface area (Å²) >= 11 is 1.27. The Morgan fingerprint density at radius 2 is 1.90 bits per heavy atom. The van der Waals surface area contributed by atoms with Crippen molar-refractivity contribution in [3.8, 4) is 0 Å². The molecule has 1 fully saturated rings. The molecule has 160 valence electrons. The van der Waals surface area contributed by atoms with Crippen LogP contribution in [0.15, 0.2) is 66.2 Å². The average Bonchev–Trinajstić information content (AvgIpc) is 3.03. The van der Waals surface area contributed by atoms with Gasteiger partial charge in [-0.05, 0) is 49.2 Å². The predicted molar refractivity (Wildman–Crippen MR) is 126 cm³/mol. The number of nitrogens with one attached hydrogen (secondary N) is 1. The van der Waals surface area contributed by atoms with Crippen LogP contribution in [0.1, 0.15) is 36.2 Å². The Bertz CT molecular complexity index is 1030. The number of hydrogen-bond acceptors (Lipinski definition) is 5. The van der Waals surface area contributed by atoms with Crippen LogP contribution in [0.4, 0.5) is 11.4 Å². The molecule has 1 saturated heterocycles. The van der Waals surface area contributed by atoms with E-state index in [2.05, 4.69) is 16.9 Å². The molecule has 0 saturated carbocycles. The van der Waals surface area contributed by atoms with Crippen LogP contribution < -0.4 is 5.32 Å². The highest BCUT2D eigenvalue weighted by Crippen LogP contribution is 2.32. The molecule has 0 bridgehead atoms. The zero-order chi connectivity index (χ0) is 22.4. The first kappa shape index (κ1) is 22.5. The smallest absolute Gasteiger partial charge is 0.242 e. The Labute approximate surface area is 186 Å². The van der Waals surface area contributed by atoms with Gasteiger partial charge in [-0.3, -0.25) is 19.3 Å². The first-order valence-corrected chi connectivity index (χ1v) is 11.0. The van der Waals surface area contributed by atoms with E-state index in [-0.39, 0.29) is 24.0 Å². The van der Waals surface area contributed by atoms with Crippen LogP contribution in [-0.2, 0) is 16.0 Å². The van der Waals surface area contributed by atoms with E-state index < -0.39 is 5.25 Å². The van der Waals surface area contributed by atoms with Crippen LogP contribution in [-0.4, -0.2) is 39.5 Å². The molecule has 31 heavy (non-hydrogen) atoms. The SMILES string of the molecule is C=CCN1C(=O)[C@@H](CC(=O)Nc2ccccc2CC)SC1=Nc1ccc(C(C)=O)cc1. The third-order valence-electron chi connectivity index (χ3n) is 4.87. The van der Waals surface area contributed by atoms with Crippen molar-refractivity contribution in [2.45, 2.75) is 31.9 Å². The summed E-state index contributed by atoms with van der Waals surface area (Å²) < 4.78 is 0. The second-order valence-electron chi connectivity index (χ2n) is 7.10. The maximum Gasteiger partial charge on any atom is 0.242 e. The molecular formula is C24H25N3O3S. The number of ketones is 1. The summed E-state index contributed by atoms with van der Waals surface area (Å²) in [5.41, 5.74) is 3.05. The van der Waals surface area contributed by atoms with Crippen molar-refractivity contribution < 1.29 is 14.4 Å². The Balaban J connectivity index is 1.75. The van der Waals surface area contributed by atoms with E-state index in [1.807, 2.05) is 31.2 Å². The Morgan fingerprint density at radius 3 is 2.55 bits per heavy atom. The summed E-state index contributed by atoms with van der Waals surface area (Å²) in [5.74, 6) is -0.395. The van der Waals surface area contributed by atoms with E-state index in [0.29, 0.717) is 23.0 Å². The zero-order valence-electron chi connectivity index (χ0n) is 17.6. The molecule has 1 heterocycles. The number of nitrogens with zero attached hydrogens (tertiary/aromatic N) is 2. The van der Waals surface area contributed by atoms with Crippen molar-refractivity contribution in [3.63, 3.8) is 0 Å². The monoisotopic (exact) mass is 435 g/mol. The molecule has 6 nitrogen and oxygen atoms in total. The molecule has 2 aromatic carbocycles. The predicted octanol–water partition coefficient (Wildman–Crippen LogP) is 4.60. The molecule has 0 spiro atoms. The summed E-state index contributed by atoms with van der Waals surface area (Å²) in [6, 6.07) is 14.5. The number of para-hydroxylation sites is 1. The highest BCUT2D eigenvalue weighted by Gasteiger charge is 2.38. The van der Waals surface area contributed by atoms with E-state index >= 15 is 0 Å². The Kier molecular flexibility index (Phi) is 7.41. The second kappa shape index (κ2) is 10.2.